The number of hydrogen-bond acceptors (Lipinski definition) is 3. The monoisotopic (exact) mass is 282 g/mol. The minimum Gasteiger partial charge on any atom is -0.322 e. The van der Waals surface area contributed by atoms with E-state index in [0.29, 0.717) is 0 Å². The summed E-state index contributed by atoms with van der Waals surface area (Å²) in [7, 11) is 0. The van der Waals surface area contributed by atoms with Gasteiger partial charge in [0.1, 0.15) is 0 Å². The molecule has 1 amide bonds. The largest absolute Gasteiger partial charge is 0.322 e. The third-order valence-electron chi connectivity index (χ3n) is 1.57. The van der Waals surface area contributed by atoms with Gasteiger partial charge in [-0.3, -0.25) is 14.9 Å². The highest BCUT2D eigenvalue weighted by Crippen LogP contribution is 2.28. The molecule has 0 aliphatic heterocycles. The fraction of sp³-hybridized carbons (Fsp3) is 0.125. The normalized spacial score (nSPS) is 10.9. The molecule has 0 atom stereocenters. The van der Waals surface area contributed by atoms with E-state index >= 15 is 0 Å². The molecule has 0 bridgehead atoms. The molecule has 0 saturated carbocycles. The summed E-state index contributed by atoms with van der Waals surface area (Å²) in [5.41, 5.74) is 0.0210. The van der Waals surface area contributed by atoms with Gasteiger partial charge < -0.3 is 5.32 Å². The lowest BCUT2D eigenvalue weighted by Gasteiger charge is -2.10. The number of amides is 1. The number of carbonyl (C=O) groups is 1. The van der Waals surface area contributed by atoms with Gasteiger partial charge in [0.05, 0.1) is 4.92 Å². The van der Waals surface area contributed by atoms with Gasteiger partial charge in [0, 0.05) is 17.8 Å². The first-order chi connectivity index (χ1) is 7.30. The maximum absolute atomic E-state index is 11.2. The molecule has 0 aliphatic carbocycles. The van der Waals surface area contributed by atoms with E-state index in [4.69, 9.17) is 34.8 Å². The van der Waals surface area contributed by atoms with Crippen LogP contribution < -0.4 is 5.32 Å². The van der Waals surface area contributed by atoms with Crippen LogP contribution in [0.4, 0.5) is 11.4 Å². The molecule has 5 nitrogen and oxygen atoms in total. The lowest BCUT2D eigenvalue weighted by molar-refractivity contribution is -0.384. The van der Waals surface area contributed by atoms with E-state index in [1.165, 1.54) is 18.2 Å². The van der Waals surface area contributed by atoms with Gasteiger partial charge in [-0.15, -0.1) is 0 Å². The zero-order chi connectivity index (χ0) is 12.3. The average molecular weight is 283 g/mol. The van der Waals surface area contributed by atoms with Gasteiger partial charge in [-0.25, -0.2) is 0 Å². The van der Waals surface area contributed by atoms with Crippen molar-refractivity contribution in [3.8, 4) is 0 Å². The predicted octanol–water partition coefficient (Wildman–Crippen LogP) is 2.90. The van der Waals surface area contributed by atoms with Gasteiger partial charge in [0.2, 0.25) is 0 Å². The Morgan fingerprint density at radius 2 is 2.00 bits per heavy atom. The number of carbonyl (C=O) groups excluding carboxylic acids is 1. The van der Waals surface area contributed by atoms with Crippen LogP contribution in [0.3, 0.4) is 0 Å². The Kier molecular flexibility index (Phi) is 3.96. The topological polar surface area (TPSA) is 72.2 Å². The van der Waals surface area contributed by atoms with Crippen LogP contribution in [0, 0.1) is 10.1 Å². The minimum absolute atomic E-state index is 0.165. The number of nitrogens with one attached hydrogen (secondary N) is 1. The third-order valence-corrected chi connectivity index (χ3v) is 2.09. The zero-order valence-corrected chi connectivity index (χ0v) is 9.88. The van der Waals surface area contributed by atoms with Crippen LogP contribution in [0.5, 0.6) is 0 Å². The number of halogens is 3. The molecule has 1 rings (SSSR count). The van der Waals surface area contributed by atoms with Crippen LogP contribution in [-0.4, -0.2) is 14.6 Å². The fourth-order valence-corrected chi connectivity index (χ4v) is 1.04. The maximum atomic E-state index is 11.2. The smallest absolute Gasteiger partial charge is 0.276 e. The molecule has 0 spiro atoms. The number of nitrogens with zero attached hydrogens (tertiary/aromatic N) is 1. The van der Waals surface area contributed by atoms with Crippen molar-refractivity contribution >= 4 is 52.1 Å². The molecule has 0 heterocycles. The Labute approximate surface area is 105 Å². The van der Waals surface area contributed by atoms with Gasteiger partial charge in [-0.05, 0) is 6.07 Å². The molecule has 0 unspecified atom stereocenters. The molecular weight excluding hydrogens is 278 g/mol. The second-order valence-electron chi connectivity index (χ2n) is 2.76. The number of anilines is 1. The molecule has 1 aromatic rings. The molecule has 0 aromatic heterocycles. The second kappa shape index (κ2) is 4.86. The molecule has 86 valence electrons. The molecular formula is C8H5Cl3N2O3. The summed E-state index contributed by atoms with van der Waals surface area (Å²) < 4.78 is -2.11. The Hall–Kier alpha value is -1.04. The van der Waals surface area contributed by atoms with Gasteiger partial charge in [-0.1, -0.05) is 40.9 Å². The third kappa shape index (κ3) is 3.52. The van der Waals surface area contributed by atoms with E-state index < -0.39 is 14.6 Å². The van der Waals surface area contributed by atoms with Gasteiger partial charge in [0.25, 0.3) is 15.4 Å². The highest BCUT2D eigenvalue weighted by molar-refractivity contribution is 6.76. The van der Waals surface area contributed by atoms with Crippen LogP contribution in [-0.2, 0) is 4.79 Å². The van der Waals surface area contributed by atoms with Crippen molar-refractivity contribution in [2.24, 2.45) is 0 Å². The summed E-state index contributed by atoms with van der Waals surface area (Å²) in [5.74, 6) is -0.877. The first kappa shape index (κ1) is 13.0. The summed E-state index contributed by atoms with van der Waals surface area (Å²) in [4.78, 5) is 21.1. The van der Waals surface area contributed by atoms with Gasteiger partial charge >= 0.3 is 0 Å². The average Bonchev–Trinajstić information content (AvgIpc) is 2.16. The van der Waals surface area contributed by atoms with Crippen molar-refractivity contribution in [1.82, 2.24) is 0 Å². The Bertz CT molecular complexity index is 431. The van der Waals surface area contributed by atoms with Crippen molar-refractivity contribution in [3.63, 3.8) is 0 Å². The molecule has 0 fully saturated rings. The summed E-state index contributed by atoms with van der Waals surface area (Å²) in [6, 6.07) is 5.30. The molecule has 1 aromatic carbocycles. The molecule has 16 heavy (non-hydrogen) atoms. The number of rotatable bonds is 2. The first-order valence-corrected chi connectivity index (χ1v) is 5.07. The van der Waals surface area contributed by atoms with E-state index in [-0.39, 0.29) is 11.4 Å². The van der Waals surface area contributed by atoms with E-state index in [1.54, 1.807) is 0 Å². The highest BCUT2D eigenvalue weighted by Gasteiger charge is 2.30. The van der Waals surface area contributed by atoms with Crippen molar-refractivity contribution in [2.45, 2.75) is 3.79 Å². The summed E-state index contributed by atoms with van der Waals surface area (Å²) in [6.45, 7) is 0. The quantitative estimate of drug-likeness (QED) is 0.515. The van der Waals surface area contributed by atoms with E-state index in [2.05, 4.69) is 5.32 Å². The number of hydrogen-bond donors (Lipinski definition) is 1. The molecule has 0 aliphatic rings. The predicted molar refractivity (Wildman–Crippen MR) is 62.0 cm³/mol. The van der Waals surface area contributed by atoms with Crippen molar-refractivity contribution in [3.05, 3.63) is 34.4 Å². The molecule has 0 saturated heterocycles. The van der Waals surface area contributed by atoms with Crippen LogP contribution in [0.1, 0.15) is 0 Å². The standard InChI is InChI=1S/C8H5Cl3N2O3/c9-8(10,11)7(14)12-5-2-1-3-6(4-5)13(15)16/h1-4H,(H,12,14). The van der Waals surface area contributed by atoms with Gasteiger partial charge in [-0.2, -0.15) is 0 Å². The van der Waals surface area contributed by atoms with Gasteiger partial charge in [0.15, 0.2) is 0 Å². The van der Waals surface area contributed by atoms with E-state index in [1.807, 2.05) is 0 Å². The van der Waals surface area contributed by atoms with Crippen LogP contribution >= 0.6 is 34.8 Å². The fourth-order valence-electron chi connectivity index (χ4n) is 0.899. The Balaban J connectivity index is 2.87. The SMILES string of the molecule is O=C(Nc1cccc([N+](=O)[O-])c1)C(Cl)(Cl)Cl. The maximum Gasteiger partial charge on any atom is 0.276 e. The number of nitro groups is 1. The highest BCUT2D eigenvalue weighted by atomic mass is 35.6. The molecule has 8 heteroatoms. The van der Waals surface area contributed by atoms with Crippen molar-refractivity contribution in [2.75, 3.05) is 5.32 Å². The Morgan fingerprint density at radius 1 is 1.38 bits per heavy atom. The van der Waals surface area contributed by atoms with Crippen LogP contribution in [0.15, 0.2) is 24.3 Å². The zero-order valence-electron chi connectivity index (χ0n) is 7.62. The summed E-state index contributed by atoms with van der Waals surface area (Å²) in [6.07, 6.45) is 0. The minimum atomic E-state index is -2.11. The van der Waals surface area contributed by atoms with Crippen molar-refractivity contribution in [1.29, 1.82) is 0 Å². The molecule has 0 radical (unpaired) electrons. The second-order valence-corrected chi connectivity index (χ2v) is 5.04. The summed E-state index contributed by atoms with van der Waals surface area (Å²) in [5, 5.41) is 12.7. The lowest BCUT2D eigenvalue weighted by Crippen LogP contribution is -2.26. The number of benzene rings is 1. The number of nitro benzene ring substituents is 1. The van der Waals surface area contributed by atoms with Crippen molar-refractivity contribution < 1.29 is 9.72 Å². The molecule has 1 N–H and O–H groups in total. The Morgan fingerprint density at radius 3 is 2.50 bits per heavy atom. The first-order valence-electron chi connectivity index (χ1n) is 3.93. The van der Waals surface area contributed by atoms with Crippen LogP contribution in [0.2, 0.25) is 0 Å². The van der Waals surface area contributed by atoms with E-state index in [9.17, 15) is 14.9 Å². The summed E-state index contributed by atoms with van der Waals surface area (Å²) >= 11 is 16.0. The van der Waals surface area contributed by atoms with E-state index in [0.717, 1.165) is 6.07 Å². The number of alkyl halides is 3. The van der Waals surface area contributed by atoms with Crippen LogP contribution in [0.25, 0.3) is 0 Å². The number of non-ortho nitro benzene ring substituents is 1. The lowest BCUT2D eigenvalue weighted by atomic mass is 10.3.